The van der Waals surface area contributed by atoms with Crippen LogP contribution in [0.2, 0.25) is 0 Å². The van der Waals surface area contributed by atoms with Gasteiger partial charge in [-0.25, -0.2) is 4.57 Å². The minimum absolute atomic E-state index is 0.0888. The molecule has 1 rings (SSSR count). The number of rotatable bonds is 48. The predicted molar refractivity (Wildman–Crippen MR) is 277 cm³/mol. The third-order valence-corrected chi connectivity index (χ3v) is 14.3. The first kappa shape index (κ1) is 65.3. The molecule has 0 spiro atoms. The van der Waals surface area contributed by atoms with Gasteiger partial charge in [-0.2, -0.15) is 0 Å². The molecule has 13 nitrogen and oxygen atoms in total. The molecule has 69 heavy (non-hydrogen) atoms. The lowest BCUT2D eigenvalue weighted by molar-refractivity contribution is -0.220. The fraction of sp³-hybridized carbons (Fsp3) is 0.891. The van der Waals surface area contributed by atoms with Crippen molar-refractivity contribution in [2.75, 3.05) is 13.2 Å². The highest BCUT2D eigenvalue weighted by molar-refractivity contribution is 7.47. The van der Waals surface area contributed by atoms with Gasteiger partial charge in [-0.1, -0.05) is 212 Å². The van der Waals surface area contributed by atoms with Crippen LogP contribution in [0.25, 0.3) is 0 Å². The molecule has 0 aromatic carbocycles. The standard InChI is InChI=1S/C55H103O13P/c1-3-5-7-9-11-13-15-17-19-21-22-23-24-25-26-28-29-31-33-35-37-39-41-43-48(56)65-45-47(46-66-69(63,64)68-55-53(61)51(59)50(58)52(60)54(55)62)67-49(57)44-42-40-38-36-34-32-30-27-20-18-16-14-12-10-8-6-4-2/h18,20,35,37,47,50-55,58-62H,3-17,19,21-34,36,38-46H2,1-2H3,(H,63,64)/b20-18+,37-35+/t47-,50?,51-,52?,53?,54?,55?/m0/s1. The lowest BCUT2D eigenvalue weighted by atomic mass is 9.85. The maximum Gasteiger partial charge on any atom is 0.472 e. The zero-order chi connectivity index (χ0) is 50.6. The van der Waals surface area contributed by atoms with E-state index in [0.717, 1.165) is 44.9 Å². The lowest BCUT2D eigenvalue weighted by Crippen LogP contribution is -2.64. The molecule has 406 valence electrons. The average Bonchev–Trinajstić information content (AvgIpc) is 3.33. The molecule has 0 radical (unpaired) electrons. The molecule has 14 heteroatoms. The minimum Gasteiger partial charge on any atom is -0.462 e. The summed E-state index contributed by atoms with van der Waals surface area (Å²) in [5.74, 6) is -1.13. The van der Waals surface area contributed by atoms with Crippen LogP contribution in [0.1, 0.15) is 258 Å². The zero-order valence-electron chi connectivity index (χ0n) is 43.6. The van der Waals surface area contributed by atoms with E-state index in [1.807, 2.05) is 0 Å². The molecule has 0 aromatic heterocycles. The molecule has 0 saturated heterocycles. The van der Waals surface area contributed by atoms with Crippen molar-refractivity contribution in [1.29, 1.82) is 0 Å². The topological polar surface area (TPSA) is 210 Å². The number of allylic oxidation sites excluding steroid dienone is 4. The van der Waals surface area contributed by atoms with Gasteiger partial charge in [0, 0.05) is 12.8 Å². The number of phosphoric acid groups is 1. The number of aliphatic hydroxyl groups is 5. The van der Waals surface area contributed by atoms with Crippen LogP contribution >= 0.6 is 7.82 Å². The van der Waals surface area contributed by atoms with Gasteiger partial charge in [0.2, 0.25) is 0 Å². The number of carbonyl (C=O) groups is 2. The molecule has 6 unspecified atom stereocenters. The van der Waals surface area contributed by atoms with Crippen LogP contribution in [0, 0.1) is 0 Å². The largest absolute Gasteiger partial charge is 0.472 e. The average molecular weight is 1000 g/mol. The molecule has 0 bridgehead atoms. The highest BCUT2D eigenvalue weighted by Gasteiger charge is 2.51. The van der Waals surface area contributed by atoms with Crippen LogP contribution in [0.5, 0.6) is 0 Å². The summed E-state index contributed by atoms with van der Waals surface area (Å²) in [6.45, 7) is 3.32. The van der Waals surface area contributed by atoms with Gasteiger partial charge in [-0.15, -0.1) is 0 Å². The second-order valence-electron chi connectivity index (χ2n) is 19.8. The van der Waals surface area contributed by atoms with E-state index in [0.29, 0.717) is 19.3 Å². The Labute approximate surface area is 419 Å². The first-order valence-electron chi connectivity index (χ1n) is 28.1. The van der Waals surface area contributed by atoms with Crippen LogP contribution in [0.3, 0.4) is 0 Å². The molecule has 1 aliphatic rings. The smallest absolute Gasteiger partial charge is 0.462 e. The number of aliphatic hydroxyl groups excluding tert-OH is 5. The van der Waals surface area contributed by atoms with E-state index in [4.69, 9.17) is 18.5 Å². The van der Waals surface area contributed by atoms with E-state index in [1.165, 1.54) is 167 Å². The summed E-state index contributed by atoms with van der Waals surface area (Å²) in [4.78, 5) is 35.9. The highest BCUT2D eigenvalue weighted by Crippen LogP contribution is 2.47. The summed E-state index contributed by atoms with van der Waals surface area (Å²) < 4.78 is 33.7. The van der Waals surface area contributed by atoms with Gasteiger partial charge in [-0.3, -0.25) is 18.6 Å². The number of esters is 2. The highest BCUT2D eigenvalue weighted by atomic mass is 31.2. The van der Waals surface area contributed by atoms with Crippen molar-refractivity contribution in [3.63, 3.8) is 0 Å². The number of ether oxygens (including phenoxy) is 2. The molecule has 6 N–H and O–H groups in total. The summed E-state index contributed by atoms with van der Waals surface area (Å²) in [6.07, 6.45) is 39.5. The summed E-state index contributed by atoms with van der Waals surface area (Å²) in [5, 5.41) is 50.3. The Morgan fingerprint density at radius 1 is 0.435 bits per heavy atom. The Balaban J connectivity index is 2.35. The Bertz CT molecular complexity index is 1300. The molecular weight excluding hydrogens is 900 g/mol. The van der Waals surface area contributed by atoms with Crippen molar-refractivity contribution in [3.8, 4) is 0 Å². The first-order valence-corrected chi connectivity index (χ1v) is 29.6. The fourth-order valence-corrected chi connectivity index (χ4v) is 9.73. The maximum absolute atomic E-state index is 12.9. The quantitative estimate of drug-likeness (QED) is 0.0145. The second-order valence-corrected chi connectivity index (χ2v) is 21.2. The second kappa shape index (κ2) is 45.0. The number of hydrogen-bond acceptors (Lipinski definition) is 12. The lowest BCUT2D eigenvalue weighted by Gasteiger charge is -2.41. The van der Waals surface area contributed by atoms with Gasteiger partial charge in [0.1, 0.15) is 43.2 Å². The SMILES string of the molecule is CCCCCCCC/C=C/CCCCCCCCCC(=O)O[C@@H](COC(=O)CCC/C=C/CCCCCCCCCCCCCCCCCCCC)COP(=O)(O)OC1C(O)C(O)C(O)[C@H](O)C1O. The van der Waals surface area contributed by atoms with Gasteiger partial charge in [0.05, 0.1) is 6.61 Å². The molecule has 1 fully saturated rings. The van der Waals surface area contributed by atoms with E-state index in [-0.39, 0.29) is 12.8 Å². The van der Waals surface area contributed by atoms with Gasteiger partial charge in [0.15, 0.2) is 6.10 Å². The summed E-state index contributed by atoms with van der Waals surface area (Å²) in [6, 6.07) is 0. The fourth-order valence-electron chi connectivity index (χ4n) is 8.76. The van der Waals surface area contributed by atoms with E-state index in [2.05, 4.69) is 38.2 Å². The van der Waals surface area contributed by atoms with Crippen molar-refractivity contribution in [2.24, 2.45) is 0 Å². The molecule has 0 heterocycles. The molecule has 1 saturated carbocycles. The van der Waals surface area contributed by atoms with E-state index in [9.17, 15) is 44.6 Å². The monoisotopic (exact) mass is 1000 g/mol. The molecule has 0 aromatic rings. The van der Waals surface area contributed by atoms with Crippen LogP contribution in [-0.4, -0.2) is 98.3 Å². The number of phosphoric ester groups is 1. The van der Waals surface area contributed by atoms with Crippen LogP contribution in [0.4, 0.5) is 0 Å². The zero-order valence-corrected chi connectivity index (χ0v) is 44.5. The Hall–Kier alpha value is -1.67. The van der Waals surface area contributed by atoms with Crippen LogP contribution < -0.4 is 0 Å². The maximum atomic E-state index is 12.9. The van der Waals surface area contributed by atoms with Crippen molar-refractivity contribution in [2.45, 2.75) is 301 Å². The van der Waals surface area contributed by atoms with Crippen LogP contribution in [0.15, 0.2) is 24.3 Å². The Morgan fingerprint density at radius 2 is 0.754 bits per heavy atom. The normalized spacial score (nSPS) is 21.0. The molecule has 0 amide bonds. The molecular formula is C55H103O13P. The Kier molecular flexibility index (Phi) is 42.6. The van der Waals surface area contributed by atoms with E-state index < -0.39 is 75.7 Å². The van der Waals surface area contributed by atoms with Gasteiger partial charge < -0.3 is 39.9 Å². The number of unbranched alkanes of at least 4 members (excludes halogenated alkanes) is 32. The van der Waals surface area contributed by atoms with Crippen molar-refractivity contribution in [3.05, 3.63) is 24.3 Å². The van der Waals surface area contributed by atoms with E-state index >= 15 is 0 Å². The minimum atomic E-state index is -5.13. The van der Waals surface area contributed by atoms with Crippen molar-refractivity contribution < 1.29 is 63.1 Å². The first-order chi connectivity index (χ1) is 33.4. The molecule has 8 atom stereocenters. The third-order valence-electron chi connectivity index (χ3n) is 13.3. The summed E-state index contributed by atoms with van der Waals surface area (Å²) >= 11 is 0. The van der Waals surface area contributed by atoms with Gasteiger partial charge in [-0.05, 0) is 57.8 Å². The van der Waals surface area contributed by atoms with Crippen LogP contribution in [-0.2, 0) is 32.7 Å². The molecule has 1 aliphatic carbocycles. The summed E-state index contributed by atoms with van der Waals surface area (Å²) in [7, 11) is -5.13. The van der Waals surface area contributed by atoms with Crippen molar-refractivity contribution >= 4 is 19.8 Å². The summed E-state index contributed by atoms with van der Waals surface area (Å²) in [5.41, 5.74) is 0. The van der Waals surface area contributed by atoms with Gasteiger partial charge in [0.25, 0.3) is 0 Å². The van der Waals surface area contributed by atoms with Gasteiger partial charge >= 0.3 is 19.8 Å². The van der Waals surface area contributed by atoms with E-state index in [1.54, 1.807) is 0 Å². The molecule has 0 aliphatic heterocycles. The number of hydrogen-bond donors (Lipinski definition) is 6. The predicted octanol–water partition coefficient (Wildman–Crippen LogP) is 12.7. The Morgan fingerprint density at radius 3 is 1.14 bits per heavy atom. The number of carbonyl (C=O) groups excluding carboxylic acids is 2. The third kappa shape index (κ3) is 36.8. The van der Waals surface area contributed by atoms with Crippen molar-refractivity contribution in [1.82, 2.24) is 0 Å².